The molecule has 0 N–H and O–H groups in total. The predicted octanol–water partition coefficient (Wildman–Crippen LogP) is 4.96. The second kappa shape index (κ2) is 10.0. The molecule has 5 rings (SSSR count). The lowest BCUT2D eigenvalue weighted by Gasteiger charge is -2.26. The third-order valence-electron chi connectivity index (χ3n) is 7.06. The number of rotatable bonds is 6. The topological polar surface area (TPSA) is 65.8 Å². The molecule has 0 spiro atoms. The molecule has 184 valence electrons. The molecule has 35 heavy (non-hydrogen) atoms. The van der Waals surface area contributed by atoms with Crippen LogP contribution in [-0.2, 0) is 11.2 Å². The molecule has 1 saturated heterocycles. The molecule has 0 saturated carbocycles. The van der Waals surface area contributed by atoms with Crippen LogP contribution in [0, 0.1) is 13.8 Å². The van der Waals surface area contributed by atoms with Gasteiger partial charge < -0.3 is 19.1 Å². The number of carbonyl (C=O) groups is 1. The van der Waals surface area contributed by atoms with Crippen molar-refractivity contribution in [1.29, 1.82) is 0 Å². The summed E-state index contributed by atoms with van der Waals surface area (Å²) in [4.78, 5) is 15.4. The van der Waals surface area contributed by atoms with Crippen LogP contribution in [-0.4, -0.2) is 47.5 Å². The summed E-state index contributed by atoms with van der Waals surface area (Å²) in [5.41, 5.74) is 5.23. The molecule has 0 radical (unpaired) electrons. The summed E-state index contributed by atoms with van der Waals surface area (Å²) in [5, 5.41) is 4.75. The summed E-state index contributed by atoms with van der Waals surface area (Å²) in [6.45, 7) is 6.20. The Morgan fingerprint density at radius 1 is 1.09 bits per heavy atom. The van der Waals surface area contributed by atoms with Crippen molar-refractivity contribution in [3.63, 3.8) is 0 Å². The zero-order valence-electron chi connectivity index (χ0n) is 20.8. The number of hydrogen-bond donors (Lipinski definition) is 0. The highest BCUT2D eigenvalue weighted by Gasteiger charge is 2.31. The van der Waals surface area contributed by atoms with Gasteiger partial charge in [0.15, 0.2) is 11.5 Å². The first kappa shape index (κ1) is 23.3. The van der Waals surface area contributed by atoms with Gasteiger partial charge in [0.2, 0.25) is 5.91 Å². The first-order valence-electron chi connectivity index (χ1n) is 12.4. The van der Waals surface area contributed by atoms with Gasteiger partial charge in [-0.2, -0.15) is 5.10 Å². The molecule has 7 heteroatoms. The molecule has 1 unspecified atom stereocenters. The monoisotopic (exact) mass is 475 g/mol. The third-order valence-corrected chi connectivity index (χ3v) is 7.06. The minimum absolute atomic E-state index is 0.0846. The number of aryl methyl sites for hydroxylation is 1. The fraction of sp³-hybridized carbons (Fsp3) is 0.429. The average Bonchev–Trinajstić information content (AvgIpc) is 3.39. The number of ether oxygens (including phenoxy) is 3. The van der Waals surface area contributed by atoms with Gasteiger partial charge in [0.1, 0.15) is 5.75 Å². The Morgan fingerprint density at radius 3 is 2.74 bits per heavy atom. The number of likely N-dealkylation sites (tertiary alicyclic amines) is 1. The maximum atomic E-state index is 13.4. The van der Waals surface area contributed by atoms with Crippen molar-refractivity contribution < 1.29 is 19.0 Å². The van der Waals surface area contributed by atoms with Crippen molar-refractivity contribution >= 4 is 5.91 Å². The zero-order valence-corrected chi connectivity index (χ0v) is 20.8. The smallest absolute Gasteiger partial charge is 0.223 e. The van der Waals surface area contributed by atoms with Crippen molar-refractivity contribution in [3.8, 4) is 22.9 Å². The van der Waals surface area contributed by atoms with Gasteiger partial charge in [-0.25, -0.2) is 4.68 Å². The van der Waals surface area contributed by atoms with Crippen LogP contribution in [0.3, 0.4) is 0 Å². The summed E-state index contributed by atoms with van der Waals surface area (Å²) in [6, 6.07) is 14.1. The number of benzene rings is 2. The van der Waals surface area contributed by atoms with Gasteiger partial charge in [-0.3, -0.25) is 4.79 Å². The van der Waals surface area contributed by atoms with Gasteiger partial charge in [0, 0.05) is 31.1 Å². The van der Waals surface area contributed by atoms with Gasteiger partial charge >= 0.3 is 0 Å². The number of methoxy groups -OCH3 is 1. The van der Waals surface area contributed by atoms with Crippen LogP contribution in [0.15, 0.2) is 42.5 Å². The molecule has 2 aromatic carbocycles. The highest BCUT2D eigenvalue weighted by Crippen LogP contribution is 2.38. The molecular weight excluding hydrogens is 442 g/mol. The number of amides is 1. The lowest BCUT2D eigenvalue weighted by Crippen LogP contribution is -2.30. The third kappa shape index (κ3) is 4.72. The van der Waals surface area contributed by atoms with E-state index < -0.39 is 0 Å². The fourth-order valence-corrected chi connectivity index (χ4v) is 5.20. The lowest BCUT2D eigenvalue weighted by molar-refractivity contribution is -0.132. The van der Waals surface area contributed by atoms with Crippen molar-refractivity contribution in [2.24, 2.45) is 0 Å². The van der Waals surface area contributed by atoms with E-state index in [-0.39, 0.29) is 11.9 Å². The van der Waals surface area contributed by atoms with E-state index >= 15 is 0 Å². The minimum Gasteiger partial charge on any atom is -0.497 e. The van der Waals surface area contributed by atoms with Gasteiger partial charge in [0.05, 0.1) is 37.7 Å². The van der Waals surface area contributed by atoms with E-state index in [1.165, 1.54) is 0 Å². The average molecular weight is 476 g/mol. The summed E-state index contributed by atoms with van der Waals surface area (Å²) < 4.78 is 19.0. The van der Waals surface area contributed by atoms with E-state index in [1.807, 2.05) is 46.8 Å². The standard InChI is InChI=1S/C28H33N3O4/c1-19-24(20(2)31(29-19)22-7-4-8-23(18-22)33-3)11-13-28(32)30-14-5-9-25(30)21-10-12-26-27(17-21)35-16-6-15-34-26/h4,7-8,10,12,17-18,25H,5-6,9,11,13-16H2,1-3H3. The largest absolute Gasteiger partial charge is 0.497 e. The Labute approximate surface area is 206 Å². The number of nitrogens with zero attached hydrogens (tertiary/aromatic N) is 3. The van der Waals surface area contributed by atoms with Gasteiger partial charge in [-0.05, 0) is 68.5 Å². The quantitative estimate of drug-likeness (QED) is 0.504. The van der Waals surface area contributed by atoms with E-state index in [9.17, 15) is 4.79 Å². The van der Waals surface area contributed by atoms with E-state index in [0.29, 0.717) is 26.1 Å². The Kier molecular flexibility index (Phi) is 6.66. The molecule has 1 atom stereocenters. The van der Waals surface area contributed by atoms with E-state index in [1.54, 1.807) is 7.11 Å². The number of carbonyl (C=O) groups excluding carboxylic acids is 1. The first-order valence-corrected chi connectivity index (χ1v) is 12.4. The summed E-state index contributed by atoms with van der Waals surface area (Å²) in [6.07, 6.45) is 4.00. The molecule has 3 heterocycles. The predicted molar refractivity (Wildman–Crippen MR) is 134 cm³/mol. The summed E-state index contributed by atoms with van der Waals surface area (Å²) >= 11 is 0. The highest BCUT2D eigenvalue weighted by atomic mass is 16.5. The fourth-order valence-electron chi connectivity index (χ4n) is 5.20. The van der Waals surface area contributed by atoms with Crippen molar-refractivity contribution in [1.82, 2.24) is 14.7 Å². The molecule has 1 aromatic heterocycles. The van der Waals surface area contributed by atoms with Crippen molar-refractivity contribution in [2.75, 3.05) is 26.9 Å². The Hall–Kier alpha value is -3.48. The van der Waals surface area contributed by atoms with Crippen LogP contribution in [0.4, 0.5) is 0 Å². The summed E-state index contributed by atoms with van der Waals surface area (Å²) in [7, 11) is 1.66. The molecule has 0 bridgehead atoms. The minimum atomic E-state index is 0.0846. The van der Waals surface area contributed by atoms with Crippen LogP contribution in [0.25, 0.3) is 5.69 Å². The van der Waals surface area contributed by atoms with Crippen LogP contribution < -0.4 is 14.2 Å². The van der Waals surface area contributed by atoms with Gasteiger partial charge in [0.25, 0.3) is 0 Å². The van der Waals surface area contributed by atoms with Gasteiger partial charge in [-0.15, -0.1) is 0 Å². The SMILES string of the molecule is COc1cccc(-n2nc(C)c(CCC(=O)N3CCCC3c3ccc4c(c3)OCCCO4)c2C)c1. The van der Waals surface area contributed by atoms with Crippen LogP contribution in [0.5, 0.6) is 17.2 Å². The van der Waals surface area contributed by atoms with E-state index in [4.69, 9.17) is 19.3 Å². The molecule has 1 amide bonds. The van der Waals surface area contributed by atoms with Crippen LogP contribution in [0.2, 0.25) is 0 Å². The molecule has 3 aromatic rings. The lowest BCUT2D eigenvalue weighted by atomic mass is 10.0. The van der Waals surface area contributed by atoms with E-state index in [2.05, 4.69) is 19.1 Å². The second-order valence-corrected chi connectivity index (χ2v) is 9.26. The molecule has 0 aliphatic carbocycles. The highest BCUT2D eigenvalue weighted by molar-refractivity contribution is 5.77. The maximum absolute atomic E-state index is 13.4. The maximum Gasteiger partial charge on any atom is 0.223 e. The van der Waals surface area contributed by atoms with Crippen LogP contribution >= 0.6 is 0 Å². The first-order chi connectivity index (χ1) is 17.0. The molecule has 1 fully saturated rings. The number of hydrogen-bond acceptors (Lipinski definition) is 5. The molecule has 2 aliphatic heterocycles. The van der Waals surface area contributed by atoms with Crippen LogP contribution in [0.1, 0.15) is 54.2 Å². The Bertz CT molecular complexity index is 1220. The normalized spacial score (nSPS) is 17.3. The summed E-state index contributed by atoms with van der Waals surface area (Å²) in [5.74, 6) is 2.56. The molecule has 7 nitrogen and oxygen atoms in total. The molecular formula is C28H33N3O4. The Morgan fingerprint density at radius 2 is 1.91 bits per heavy atom. The van der Waals surface area contributed by atoms with Crippen molar-refractivity contribution in [3.05, 3.63) is 65.0 Å². The zero-order chi connectivity index (χ0) is 24.4. The second-order valence-electron chi connectivity index (χ2n) is 9.26. The molecule has 2 aliphatic rings. The number of fused-ring (bicyclic) bond motifs is 1. The Balaban J connectivity index is 1.30. The number of aromatic nitrogens is 2. The van der Waals surface area contributed by atoms with Crippen molar-refractivity contribution in [2.45, 2.75) is 52.0 Å². The van der Waals surface area contributed by atoms with Gasteiger partial charge in [-0.1, -0.05) is 12.1 Å². The van der Waals surface area contributed by atoms with E-state index in [0.717, 1.165) is 71.3 Å².